The predicted molar refractivity (Wildman–Crippen MR) is 21.9 cm³/mol. The van der Waals surface area contributed by atoms with E-state index in [0.29, 0.717) is 0 Å². The highest BCUT2D eigenvalue weighted by atomic mass is 16.4. The molecule has 0 spiro atoms. The predicted octanol–water partition coefficient (Wildman–Crippen LogP) is -2.88. The molecule has 6 heteroatoms. The number of carbonyl (C=O) groups excluding carboxylic acids is 1. The van der Waals surface area contributed by atoms with Crippen LogP contribution in [0, 0.1) is 0 Å². The van der Waals surface area contributed by atoms with Crippen molar-refractivity contribution in [1.29, 1.82) is 0 Å². The highest BCUT2D eigenvalue weighted by Gasteiger charge is 1.86. The molecule has 0 aliphatic carbocycles. The Kier molecular flexibility index (Phi) is 1.39. The third-order valence-electron chi connectivity index (χ3n) is 0.663. The molecule has 9 heavy (non-hydrogen) atoms. The standard InChI is InChI=1S/C3H4N4O2/c8-3(9)1-2-4-6-7-5-2/h1H2,(H2,4,5,6,7,8,9)/p-2. The summed E-state index contributed by atoms with van der Waals surface area (Å²) in [5.41, 5.74) is 0. The smallest absolute Gasteiger partial charge is 0.0462 e. The third kappa shape index (κ3) is 1.48. The molecule has 0 amide bonds. The van der Waals surface area contributed by atoms with E-state index in [-0.39, 0.29) is 12.2 Å². The SMILES string of the molecule is O=C([O-])Cc1nnn[n-]1. The lowest BCUT2D eigenvalue weighted by atomic mass is 10.4. The molecule has 0 atom stereocenters. The number of hydrogen-bond donors (Lipinski definition) is 0. The van der Waals surface area contributed by atoms with Crippen LogP contribution in [-0.2, 0) is 11.2 Å². The maximum absolute atomic E-state index is 9.82. The van der Waals surface area contributed by atoms with Gasteiger partial charge in [-0.2, -0.15) is 5.21 Å². The van der Waals surface area contributed by atoms with Gasteiger partial charge in [0.05, 0.1) is 0 Å². The van der Waals surface area contributed by atoms with E-state index in [9.17, 15) is 9.90 Å². The lowest BCUT2D eigenvalue weighted by Gasteiger charge is -1.97. The summed E-state index contributed by atoms with van der Waals surface area (Å²) in [7, 11) is 0. The summed E-state index contributed by atoms with van der Waals surface area (Å²) in [6, 6.07) is 0. The van der Waals surface area contributed by atoms with Crippen LogP contribution < -0.4 is 10.2 Å². The van der Waals surface area contributed by atoms with Gasteiger partial charge in [0.2, 0.25) is 0 Å². The summed E-state index contributed by atoms with van der Waals surface area (Å²) in [5.74, 6) is -1.15. The van der Waals surface area contributed by atoms with Crippen molar-refractivity contribution in [3.8, 4) is 0 Å². The van der Waals surface area contributed by atoms with Crippen molar-refractivity contribution in [2.24, 2.45) is 0 Å². The Morgan fingerprint density at radius 2 is 2.56 bits per heavy atom. The average molecular weight is 126 g/mol. The molecule has 0 N–H and O–H groups in total. The molecule has 0 radical (unpaired) electrons. The molecular weight excluding hydrogens is 124 g/mol. The molecule has 0 aliphatic heterocycles. The van der Waals surface area contributed by atoms with Gasteiger partial charge < -0.3 is 15.0 Å². The monoisotopic (exact) mass is 126 g/mol. The fourth-order valence-corrected chi connectivity index (χ4v) is 0.363. The number of aliphatic carboxylic acids is 1. The molecule has 0 unspecified atom stereocenters. The van der Waals surface area contributed by atoms with Gasteiger partial charge in [0.15, 0.2) is 0 Å². The van der Waals surface area contributed by atoms with Crippen LogP contribution in [0.2, 0.25) is 0 Å². The number of nitrogens with zero attached hydrogens (tertiary/aromatic N) is 4. The lowest BCUT2D eigenvalue weighted by Crippen LogP contribution is -2.25. The summed E-state index contributed by atoms with van der Waals surface area (Å²) in [4.78, 5) is 9.82. The minimum absolute atomic E-state index is 0.0787. The third-order valence-corrected chi connectivity index (χ3v) is 0.663. The number of carboxylic acid groups (broad SMARTS) is 1. The molecule has 0 bridgehead atoms. The Morgan fingerprint density at radius 1 is 1.78 bits per heavy atom. The molecule has 0 saturated carbocycles. The molecule has 6 nitrogen and oxygen atoms in total. The molecule has 0 aliphatic rings. The number of carbonyl (C=O) groups is 1. The topological polar surface area (TPSA) is 92.9 Å². The van der Waals surface area contributed by atoms with Crippen molar-refractivity contribution in [2.45, 2.75) is 6.42 Å². The molecular formula is C3H2N4O2-2. The van der Waals surface area contributed by atoms with E-state index >= 15 is 0 Å². The minimum atomic E-state index is -1.23. The van der Waals surface area contributed by atoms with Gasteiger partial charge in [0.1, 0.15) is 0 Å². The van der Waals surface area contributed by atoms with Crippen LogP contribution in [0.15, 0.2) is 0 Å². The van der Waals surface area contributed by atoms with Crippen molar-refractivity contribution in [2.75, 3.05) is 0 Å². The Bertz CT molecular complexity index is 194. The summed E-state index contributed by atoms with van der Waals surface area (Å²) >= 11 is 0. The van der Waals surface area contributed by atoms with Gasteiger partial charge in [-0.25, -0.2) is 0 Å². The Morgan fingerprint density at radius 3 is 3.00 bits per heavy atom. The lowest BCUT2D eigenvalue weighted by molar-refractivity contribution is -0.304. The zero-order valence-corrected chi connectivity index (χ0v) is 4.31. The number of aromatic nitrogens is 4. The second-order valence-corrected chi connectivity index (χ2v) is 1.34. The van der Waals surface area contributed by atoms with Crippen molar-refractivity contribution in [3.05, 3.63) is 5.82 Å². The minimum Gasteiger partial charge on any atom is -0.550 e. The van der Waals surface area contributed by atoms with E-state index < -0.39 is 5.97 Å². The summed E-state index contributed by atoms with van der Waals surface area (Å²) < 4.78 is 0. The summed E-state index contributed by atoms with van der Waals surface area (Å²) in [5, 5.41) is 22.5. The van der Waals surface area contributed by atoms with Crippen LogP contribution in [0.3, 0.4) is 0 Å². The van der Waals surface area contributed by atoms with Crippen LogP contribution in [0.5, 0.6) is 0 Å². The maximum Gasteiger partial charge on any atom is 0.0462 e. The first-order chi connectivity index (χ1) is 4.29. The Hall–Kier alpha value is -1.46. The van der Waals surface area contributed by atoms with E-state index in [1.807, 2.05) is 0 Å². The van der Waals surface area contributed by atoms with Gasteiger partial charge >= 0.3 is 0 Å². The quantitative estimate of drug-likeness (QED) is 0.422. The van der Waals surface area contributed by atoms with E-state index in [1.54, 1.807) is 0 Å². The van der Waals surface area contributed by atoms with Gasteiger partial charge in [0.25, 0.3) is 0 Å². The van der Waals surface area contributed by atoms with Crippen LogP contribution in [0.4, 0.5) is 0 Å². The van der Waals surface area contributed by atoms with Crippen LogP contribution in [-0.4, -0.2) is 21.5 Å². The zero-order valence-electron chi connectivity index (χ0n) is 4.31. The maximum atomic E-state index is 9.82. The Balaban J connectivity index is 2.58. The number of tetrazole rings is 1. The molecule has 0 fully saturated rings. The first-order valence-electron chi connectivity index (χ1n) is 2.16. The molecule has 1 aromatic heterocycles. The number of rotatable bonds is 2. The van der Waals surface area contributed by atoms with Gasteiger partial charge in [-0.05, 0) is 0 Å². The summed E-state index contributed by atoms with van der Waals surface area (Å²) in [6.45, 7) is 0. The zero-order chi connectivity index (χ0) is 6.69. The fourth-order valence-electron chi connectivity index (χ4n) is 0.363. The van der Waals surface area contributed by atoms with Crippen LogP contribution >= 0.6 is 0 Å². The molecule has 48 valence electrons. The van der Waals surface area contributed by atoms with E-state index in [4.69, 9.17) is 0 Å². The molecule has 1 heterocycles. The molecule has 0 aromatic carbocycles. The normalized spacial score (nSPS) is 9.33. The first-order valence-corrected chi connectivity index (χ1v) is 2.16. The summed E-state index contributed by atoms with van der Waals surface area (Å²) in [6.07, 6.45) is -0.326. The second-order valence-electron chi connectivity index (χ2n) is 1.34. The van der Waals surface area contributed by atoms with Crippen molar-refractivity contribution >= 4 is 5.97 Å². The molecule has 1 aromatic rings. The highest BCUT2D eigenvalue weighted by Crippen LogP contribution is 1.79. The van der Waals surface area contributed by atoms with Gasteiger partial charge in [-0.15, -0.1) is 0 Å². The van der Waals surface area contributed by atoms with Crippen molar-refractivity contribution in [3.63, 3.8) is 0 Å². The van der Waals surface area contributed by atoms with E-state index in [2.05, 4.69) is 20.6 Å². The van der Waals surface area contributed by atoms with E-state index in [1.165, 1.54) is 0 Å². The van der Waals surface area contributed by atoms with Crippen LogP contribution in [0.25, 0.3) is 0 Å². The average Bonchev–Trinajstić information content (AvgIpc) is 2.15. The first kappa shape index (κ1) is 5.67. The Labute approximate surface area is 49.9 Å². The molecule has 0 saturated heterocycles. The molecule has 1 rings (SSSR count). The fraction of sp³-hybridized carbons (Fsp3) is 0.333. The van der Waals surface area contributed by atoms with Crippen LogP contribution in [0.1, 0.15) is 5.82 Å². The van der Waals surface area contributed by atoms with Gasteiger partial charge in [0, 0.05) is 18.2 Å². The van der Waals surface area contributed by atoms with Crippen molar-refractivity contribution < 1.29 is 9.90 Å². The highest BCUT2D eigenvalue weighted by molar-refractivity contribution is 5.66. The van der Waals surface area contributed by atoms with Crippen molar-refractivity contribution in [1.82, 2.24) is 20.6 Å². The van der Waals surface area contributed by atoms with Gasteiger partial charge in [-0.3, -0.25) is 10.3 Å². The number of carboxylic acids is 1. The number of hydrogen-bond acceptors (Lipinski definition) is 5. The van der Waals surface area contributed by atoms with E-state index in [0.717, 1.165) is 0 Å². The largest absolute Gasteiger partial charge is 0.550 e. The second kappa shape index (κ2) is 2.21. The van der Waals surface area contributed by atoms with Gasteiger partial charge in [-0.1, -0.05) is 0 Å².